The summed E-state index contributed by atoms with van der Waals surface area (Å²) in [4.78, 5) is 31.3. The quantitative estimate of drug-likeness (QED) is 0.219. The van der Waals surface area contributed by atoms with Gasteiger partial charge in [-0.05, 0) is 99.5 Å². The molecule has 0 radical (unpaired) electrons. The van der Waals surface area contributed by atoms with E-state index in [1.807, 2.05) is 20.8 Å². The van der Waals surface area contributed by atoms with E-state index in [4.69, 9.17) is 14.7 Å². The lowest BCUT2D eigenvalue weighted by Gasteiger charge is -2.27. The number of carbonyl (C=O) groups excluding carboxylic acids is 1. The molecule has 2 aliphatic rings. The molecule has 0 bridgehead atoms. The molecule has 2 aliphatic heterocycles. The maximum Gasteiger partial charge on any atom is 0.410 e. The van der Waals surface area contributed by atoms with Crippen molar-refractivity contribution in [2.75, 3.05) is 13.1 Å². The van der Waals surface area contributed by atoms with Gasteiger partial charge in [-0.3, -0.25) is 4.90 Å². The Morgan fingerprint density at radius 3 is 2.22 bits per heavy atom. The highest BCUT2D eigenvalue weighted by Crippen LogP contribution is 2.34. The third kappa shape index (κ3) is 5.08. The number of ether oxygens (including phenoxy) is 1. The van der Waals surface area contributed by atoms with Crippen LogP contribution in [0.25, 0.3) is 44.3 Å². The average Bonchev–Trinajstić information content (AvgIpc) is 3.76. The Hall–Kier alpha value is -4.17. The van der Waals surface area contributed by atoms with Crippen molar-refractivity contribution in [3.8, 4) is 22.3 Å². The van der Waals surface area contributed by atoms with Crippen molar-refractivity contribution in [3.63, 3.8) is 0 Å². The van der Waals surface area contributed by atoms with E-state index in [1.54, 1.807) is 4.90 Å². The monoisotopic (exact) mass is 548 g/mol. The van der Waals surface area contributed by atoms with E-state index >= 15 is 0 Å². The van der Waals surface area contributed by atoms with Crippen molar-refractivity contribution >= 4 is 28.2 Å². The number of H-pyrrole nitrogens is 2. The van der Waals surface area contributed by atoms with Crippen LogP contribution in [0.3, 0.4) is 0 Å². The fourth-order valence-electron chi connectivity index (χ4n) is 6.10. The third-order valence-corrected chi connectivity index (χ3v) is 8.14. The van der Waals surface area contributed by atoms with E-state index in [0.717, 1.165) is 81.8 Å². The molecule has 8 nitrogen and oxygen atoms in total. The molecule has 0 unspecified atom stereocenters. The predicted octanol–water partition coefficient (Wildman–Crippen LogP) is 7.27. The number of aromatic amines is 2. The molecular weight excluding hydrogens is 512 g/mol. The Bertz CT molecular complexity index is 1720. The molecule has 41 heavy (non-hydrogen) atoms. The van der Waals surface area contributed by atoms with Crippen LogP contribution in [0, 0.1) is 0 Å². The number of fused-ring (bicyclic) bond motifs is 2. The van der Waals surface area contributed by atoms with Gasteiger partial charge in [0.1, 0.15) is 17.2 Å². The largest absolute Gasteiger partial charge is 0.444 e. The summed E-state index contributed by atoms with van der Waals surface area (Å²) in [6.07, 6.45) is 3.85. The van der Waals surface area contributed by atoms with E-state index in [0.29, 0.717) is 12.6 Å². The summed E-state index contributed by atoms with van der Waals surface area (Å²) >= 11 is 0. The van der Waals surface area contributed by atoms with Gasteiger partial charge in [-0.2, -0.15) is 0 Å². The smallest absolute Gasteiger partial charge is 0.410 e. The van der Waals surface area contributed by atoms with Gasteiger partial charge in [-0.25, -0.2) is 14.8 Å². The normalized spacial score (nSPS) is 19.4. The van der Waals surface area contributed by atoms with E-state index in [1.165, 1.54) is 6.42 Å². The first kappa shape index (κ1) is 25.8. The lowest BCUT2D eigenvalue weighted by atomic mass is 10.00. The molecule has 7 rings (SSSR count). The molecule has 2 fully saturated rings. The number of aromatic nitrogens is 4. The molecule has 4 heterocycles. The standard InChI is InChI=1S/C33H36N6O2/c1-33(2,3)41-32(40)39-17-5-7-29(39)31-36-25-15-13-23(19-28(25)38-31)21-10-8-20(9-11-21)22-12-14-24-27(18-22)37-30(35-24)26-6-4-16-34-26/h8-15,18-19,26,29,34H,4-7,16-17H2,1-3H3,(H,35,37)(H,36,38)/t26-,29-/m0/s1. The molecule has 5 aromatic rings. The number of amides is 1. The zero-order valence-corrected chi connectivity index (χ0v) is 23.8. The molecule has 2 saturated heterocycles. The lowest BCUT2D eigenvalue weighted by Crippen LogP contribution is -2.36. The van der Waals surface area contributed by atoms with Gasteiger partial charge in [0.2, 0.25) is 0 Å². The van der Waals surface area contributed by atoms with Crippen molar-refractivity contribution in [1.82, 2.24) is 30.2 Å². The van der Waals surface area contributed by atoms with Gasteiger partial charge >= 0.3 is 6.09 Å². The van der Waals surface area contributed by atoms with Crippen LogP contribution in [0.5, 0.6) is 0 Å². The lowest BCUT2D eigenvalue weighted by molar-refractivity contribution is 0.0219. The maximum atomic E-state index is 12.8. The number of likely N-dealkylation sites (tertiary alicyclic amines) is 1. The summed E-state index contributed by atoms with van der Waals surface area (Å²) in [6.45, 7) is 7.43. The van der Waals surface area contributed by atoms with Crippen LogP contribution >= 0.6 is 0 Å². The zero-order chi connectivity index (χ0) is 28.1. The van der Waals surface area contributed by atoms with Gasteiger partial charge < -0.3 is 20.0 Å². The first-order valence-electron chi connectivity index (χ1n) is 14.6. The van der Waals surface area contributed by atoms with Gasteiger partial charge in [0.05, 0.1) is 34.2 Å². The molecule has 2 aromatic heterocycles. The molecule has 1 amide bonds. The van der Waals surface area contributed by atoms with Crippen molar-refractivity contribution in [2.45, 2.75) is 64.1 Å². The van der Waals surface area contributed by atoms with Crippen LogP contribution in [-0.4, -0.2) is 49.6 Å². The van der Waals surface area contributed by atoms with Gasteiger partial charge in [-0.15, -0.1) is 0 Å². The number of nitrogens with one attached hydrogen (secondary N) is 3. The topological polar surface area (TPSA) is 98.9 Å². The summed E-state index contributed by atoms with van der Waals surface area (Å²) in [5.74, 6) is 1.85. The van der Waals surface area contributed by atoms with Crippen LogP contribution in [0.1, 0.15) is 70.2 Å². The van der Waals surface area contributed by atoms with E-state index < -0.39 is 5.60 Å². The first-order valence-corrected chi connectivity index (χ1v) is 14.6. The number of carbonyl (C=O) groups is 1. The maximum absolute atomic E-state index is 12.8. The van der Waals surface area contributed by atoms with Crippen molar-refractivity contribution in [2.24, 2.45) is 0 Å². The number of nitrogens with zero attached hydrogens (tertiary/aromatic N) is 3. The van der Waals surface area contributed by atoms with Crippen LogP contribution in [0.15, 0.2) is 60.7 Å². The summed E-state index contributed by atoms with van der Waals surface area (Å²) in [7, 11) is 0. The third-order valence-electron chi connectivity index (χ3n) is 8.14. The molecule has 0 spiro atoms. The fourth-order valence-corrected chi connectivity index (χ4v) is 6.10. The van der Waals surface area contributed by atoms with Gasteiger partial charge in [0.25, 0.3) is 0 Å². The number of imidazole rings is 2. The molecule has 0 saturated carbocycles. The van der Waals surface area contributed by atoms with Gasteiger partial charge in [0, 0.05) is 6.54 Å². The molecule has 2 atom stereocenters. The van der Waals surface area contributed by atoms with Gasteiger partial charge in [-0.1, -0.05) is 36.4 Å². The average molecular weight is 549 g/mol. The SMILES string of the molecule is CC(C)(C)OC(=O)N1CCC[C@H]1c1nc2cc(-c3ccc(-c4ccc5nc([C@@H]6CCCN6)[nH]c5c4)cc3)ccc2[nH]1. The van der Waals surface area contributed by atoms with Crippen molar-refractivity contribution < 1.29 is 9.53 Å². The molecule has 3 N–H and O–H groups in total. The van der Waals surface area contributed by atoms with E-state index in [9.17, 15) is 4.79 Å². The van der Waals surface area contributed by atoms with Crippen molar-refractivity contribution in [1.29, 1.82) is 0 Å². The predicted molar refractivity (Wildman–Crippen MR) is 162 cm³/mol. The van der Waals surface area contributed by atoms with Crippen LogP contribution in [0.2, 0.25) is 0 Å². The second-order valence-electron chi connectivity index (χ2n) is 12.3. The molecule has 3 aromatic carbocycles. The molecule has 8 heteroatoms. The van der Waals surface area contributed by atoms with Crippen LogP contribution in [-0.2, 0) is 4.74 Å². The second kappa shape index (κ2) is 10.0. The number of hydrogen-bond donors (Lipinski definition) is 3. The summed E-state index contributed by atoms with van der Waals surface area (Å²) < 4.78 is 5.65. The Labute approximate surface area is 239 Å². The summed E-state index contributed by atoms with van der Waals surface area (Å²) in [5, 5.41) is 3.52. The Morgan fingerprint density at radius 1 is 0.805 bits per heavy atom. The van der Waals surface area contributed by atoms with Crippen molar-refractivity contribution in [3.05, 3.63) is 72.3 Å². The zero-order valence-electron chi connectivity index (χ0n) is 23.8. The first-order chi connectivity index (χ1) is 19.8. The number of rotatable bonds is 4. The minimum atomic E-state index is -0.523. The summed E-state index contributed by atoms with van der Waals surface area (Å²) in [6, 6.07) is 21.6. The highest BCUT2D eigenvalue weighted by atomic mass is 16.6. The Kier molecular flexibility index (Phi) is 6.31. The van der Waals surface area contributed by atoms with E-state index in [-0.39, 0.29) is 12.1 Å². The highest BCUT2D eigenvalue weighted by molar-refractivity contribution is 5.85. The number of hydrogen-bond acceptors (Lipinski definition) is 5. The van der Waals surface area contributed by atoms with Crippen LogP contribution in [0.4, 0.5) is 4.79 Å². The number of benzene rings is 3. The second-order valence-corrected chi connectivity index (χ2v) is 12.3. The molecular formula is C33H36N6O2. The van der Waals surface area contributed by atoms with Crippen LogP contribution < -0.4 is 5.32 Å². The minimum absolute atomic E-state index is 0.0994. The fraction of sp³-hybridized carbons (Fsp3) is 0.364. The van der Waals surface area contributed by atoms with Gasteiger partial charge in [0.15, 0.2) is 0 Å². The minimum Gasteiger partial charge on any atom is -0.444 e. The Balaban J connectivity index is 1.11. The molecule has 0 aliphatic carbocycles. The summed E-state index contributed by atoms with van der Waals surface area (Å²) in [5.41, 5.74) is 7.99. The molecule has 210 valence electrons. The van der Waals surface area contributed by atoms with E-state index in [2.05, 4.69) is 75.9 Å². The highest BCUT2D eigenvalue weighted by Gasteiger charge is 2.35. The Morgan fingerprint density at radius 2 is 1.49 bits per heavy atom.